The van der Waals surface area contributed by atoms with Crippen molar-refractivity contribution in [2.24, 2.45) is 0 Å². The van der Waals surface area contributed by atoms with E-state index < -0.39 is 5.97 Å². The molecular weight excluding hydrogens is 404 g/mol. The summed E-state index contributed by atoms with van der Waals surface area (Å²) in [5.74, 6) is 0.00653. The summed E-state index contributed by atoms with van der Waals surface area (Å²) in [7, 11) is 1.56. The number of ether oxygens (including phenoxy) is 2. The molecule has 0 unspecified atom stereocenters. The van der Waals surface area contributed by atoms with Crippen molar-refractivity contribution >= 4 is 34.4 Å². The van der Waals surface area contributed by atoms with Crippen LogP contribution in [0.15, 0.2) is 42.5 Å². The molecule has 6 nitrogen and oxygen atoms in total. The molecule has 2 aromatic carbocycles. The predicted octanol–water partition coefficient (Wildman–Crippen LogP) is 4.69. The third-order valence-electron chi connectivity index (χ3n) is 4.85. The van der Waals surface area contributed by atoms with Crippen molar-refractivity contribution in [2.75, 3.05) is 13.7 Å². The molecule has 0 saturated heterocycles. The van der Waals surface area contributed by atoms with E-state index in [-0.39, 0.29) is 18.9 Å². The third-order valence-corrected chi connectivity index (χ3v) is 5.11. The van der Waals surface area contributed by atoms with Crippen LogP contribution in [0.1, 0.15) is 34.5 Å². The standard InChI is InChI=1S/C23H21ClN2O4/c1-15-19(14-22(27)30-12-4-3-11-25)20-13-18(29-2)9-10-21(20)26(15)23(28)16-5-7-17(24)8-6-16/h5-10,13H,3-4,12,14H2,1-2H3. The number of methoxy groups -OCH3 is 1. The molecule has 1 heterocycles. The molecule has 1 aromatic heterocycles. The number of halogens is 1. The van der Waals surface area contributed by atoms with E-state index in [0.29, 0.717) is 46.0 Å². The predicted molar refractivity (Wildman–Crippen MR) is 114 cm³/mol. The zero-order chi connectivity index (χ0) is 21.7. The van der Waals surface area contributed by atoms with E-state index in [2.05, 4.69) is 0 Å². The highest BCUT2D eigenvalue weighted by Crippen LogP contribution is 2.31. The van der Waals surface area contributed by atoms with Gasteiger partial charge in [0.25, 0.3) is 5.91 Å². The second-order valence-corrected chi connectivity index (χ2v) is 7.19. The normalized spacial score (nSPS) is 10.6. The van der Waals surface area contributed by atoms with Crippen LogP contribution in [0.2, 0.25) is 5.02 Å². The number of unbranched alkanes of at least 4 members (excludes halogenated alkanes) is 1. The molecule has 0 N–H and O–H groups in total. The van der Waals surface area contributed by atoms with E-state index >= 15 is 0 Å². The highest BCUT2D eigenvalue weighted by atomic mass is 35.5. The molecule has 30 heavy (non-hydrogen) atoms. The summed E-state index contributed by atoms with van der Waals surface area (Å²) in [5.41, 5.74) is 2.53. The maximum Gasteiger partial charge on any atom is 0.310 e. The van der Waals surface area contributed by atoms with Gasteiger partial charge in [0.1, 0.15) is 5.75 Å². The van der Waals surface area contributed by atoms with Gasteiger partial charge in [0.15, 0.2) is 0 Å². The van der Waals surface area contributed by atoms with Gasteiger partial charge in [-0.25, -0.2) is 0 Å². The summed E-state index contributed by atoms with van der Waals surface area (Å²) in [6.45, 7) is 2.00. The number of nitrogens with zero attached hydrogens (tertiary/aromatic N) is 2. The summed E-state index contributed by atoms with van der Waals surface area (Å²) >= 11 is 5.94. The minimum atomic E-state index is -0.406. The maximum atomic E-state index is 13.2. The number of hydrogen-bond acceptors (Lipinski definition) is 5. The molecule has 0 radical (unpaired) electrons. The first-order valence-corrected chi connectivity index (χ1v) is 9.84. The lowest BCUT2D eigenvalue weighted by Gasteiger charge is -2.08. The lowest BCUT2D eigenvalue weighted by Crippen LogP contribution is -2.14. The Labute approximate surface area is 179 Å². The van der Waals surface area contributed by atoms with Gasteiger partial charge in [-0.2, -0.15) is 5.26 Å². The highest BCUT2D eigenvalue weighted by Gasteiger charge is 2.22. The van der Waals surface area contributed by atoms with Gasteiger partial charge in [0.05, 0.1) is 31.7 Å². The van der Waals surface area contributed by atoms with Crippen LogP contribution in [0.25, 0.3) is 10.9 Å². The Balaban J connectivity index is 2.01. The van der Waals surface area contributed by atoms with E-state index in [4.69, 9.17) is 26.3 Å². The molecular formula is C23H21ClN2O4. The van der Waals surface area contributed by atoms with Crippen LogP contribution >= 0.6 is 11.6 Å². The second kappa shape index (κ2) is 9.47. The number of esters is 1. The van der Waals surface area contributed by atoms with Crippen molar-refractivity contribution in [3.8, 4) is 11.8 Å². The number of carbonyl (C=O) groups is 2. The Morgan fingerprint density at radius 3 is 2.57 bits per heavy atom. The summed E-state index contributed by atoms with van der Waals surface area (Å²) in [6, 6.07) is 14.1. The van der Waals surface area contributed by atoms with Crippen LogP contribution in [0.5, 0.6) is 5.75 Å². The molecule has 3 aromatic rings. The van der Waals surface area contributed by atoms with Gasteiger partial charge >= 0.3 is 5.97 Å². The summed E-state index contributed by atoms with van der Waals surface area (Å²) < 4.78 is 12.2. The Bertz CT molecular complexity index is 1130. The van der Waals surface area contributed by atoms with Gasteiger partial charge in [-0.15, -0.1) is 0 Å². The fraction of sp³-hybridized carbons (Fsp3) is 0.261. The molecule has 0 saturated carbocycles. The van der Waals surface area contributed by atoms with E-state index in [9.17, 15) is 9.59 Å². The number of fused-ring (bicyclic) bond motifs is 1. The van der Waals surface area contributed by atoms with Crippen LogP contribution in [0, 0.1) is 18.3 Å². The van der Waals surface area contributed by atoms with Crippen molar-refractivity contribution in [1.29, 1.82) is 5.26 Å². The van der Waals surface area contributed by atoms with Crippen molar-refractivity contribution in [3.63, 3.8) is 0 Å². The molecule has 0 aliphatic carbocycles. The van der Waals surface area contributed by atoms with Crippen molar-refractivity contribution < 1.29 is 19.1 Å². The van der Waals surface area contributed by atoms with Crippen LogP contribution in [-0.4, -0.2) is 30.2 Å². The van der Waals surface area contributed by atoms with Gasteiger partial charge in [-0.05, 0) is 61.4 Å². The van der Waals surface area contributed by atoms with Crippen LogP contribution < -0.4 is 4.74 Å². The Morgan fingerprint density at radius 2 is 1.90 bits per heavy atom. The first-order chi connectivity index (χ1) is 14.5. The first-order valence-electron chi connectivity index (χ1n) is 9.47. The minimum absolute atomic E-state index is 0.0168. The fourth-order valence-corrected chi connectivity index (χ4v) is 3.45. The monoisotopic (exact) mass is 424 g/mol. The van der Waals surface area contributed by atoms with E-state index in [1.54, 1.807) is 55.0 Å². The number of aromatic nitrogens is 1. The molecule has 0 spiro atoms. The quantitative estimate of drug-likeness (QED) is 0.406. The molecule has 0 amide bonds. The van der Waals surface area contributed by atoms with Gasteiger partial charge in [-0.1, -0.05) is 11.6 Å². The van der Waals surface area contributed by atoms with E-state index in [1.165, 1.54) is 0 Å². The molecule has 0 fully saturated rings. The molecule has 0 aliphatic heterocycles. The van der Waals surface area contributed by atoms with Crippen LogP contribution in [0.4, 0.5) is 0 Å². The topological polar surface area (TPSA) is 81.3 Å². The summed E-state index contributed by atoms with van der Waals surface area (Å²) in [5, 5.41) is 9.89. The number of hydrogen-bond donors (Lipinski definition) is 0. The average molecular weight is 425 g/mol. The van der Waals surface area contributed by atoms with Gasteiger partial charge < -0.3 is 9.47 Å². The number of rotatable bonds is 7. The molecule has 3 rings (SSSR count). The second-order valence-electron chi connectivity index (χ2n) is 6.75. The third kappa shape index (κ3) is 4.47. The van der Waals surface area contributed by atoms with Crippen molar-refractivity contribution in [2.45, 2.75) is 26.2 Å². The smallest absolute Gasteiger partial charge is 0.310 e. The summed E-state index contributed by atoms with van der Waals surface area (Å²) in [4.78, 5) is 25.6. The summed E-state index contributed by atoms with van der Waals surface area (Å²) in [6.07, 6.45) is 0.840. The zero-order valence-corrected chi connectivity index (χ0v) is 17.5. The largest absolute Gasteiger partial charge is 0.497 e. The van der Waals surface area contributed by atoms with E-state index in [0.717, 1.165) is 5.39 Å². The molecule has 0 atom stereocenters. The first kappa shape index (κ1) is 21.4. The van der Waals surface area contributed by atoms with E-state index in [1.807, 2.05) is 12.1 Å². The molecule has 0 aliphatic rings. The molecule has 154 valence electrons. The SMILES string of the molecule is COc1ccc2c(c1)c(CC(=O)OCCCC#N)c(C)n2C(=O)c1ccc(Cl)cc1. The van der Waals surface area contributed by atoms with Crippen molar-refractivity contribution in [1.82, 2.24) is 4.57 Å². The lowest BCUT2D eigenvalue weighted by molar-refractivity contribution is -0.142. The maximum absolute atomic E-state index is 13.2. The van der Waals surface area contributed by atoms with Crippen molar-refractivity contribution in [3.05, 3.63) is 64.3 Å². The number of carbonyl (C=O) groups excluding carboxylic acids is 2. The zero-order valence-electron chi connectivity index (χ0n) is 16.8. The minimum Gasteiger partial charge on any atom is -0.497 e. The van der Waals surface area contributed by atoms with Gasteiger partial charge in [0, 0.05) is 28.1 Å². The van der Waals surface area contributed by atoms with Crippen LogP contribution in [-0.2, 0) is 16.0 Å². The molecule has 0 bridgehead atoms. The Kier molecular flexibility index (Phi) is 6.76. The lowest BCUT2D eigenvalue weighted by atomic mass is 10.1. The van der Waals surface area contributed by atoms with Crippen LogP contribution in [0.3, 0.4) is 0 Å². The van der Waals surface area contributed by atoms with Gasteiger partial charge in [-0.3, -0.25) is 14.2 Å². The van der Waals surface area contributed by atoms with Gasteiger partial charge in [0.2, 0.25) is 0 Å². The Morgan fingerprint density at radius 1 is 1.17 bits per heavy atom. The molecule has 7 heteroatoms. The number of benzene rings is 2. The average Bonchev–Trinajstić information content (AvgIpc) is 3.02. The fourth-order valence-electron chi connectivity index (χ4n) is 3.33. The number of nitriles is 1. The highest BCUT2D eigenvalue weighted by molar-refractivity contribution is 6.30. The Hall–Kier alpha value is -3.30.